The molecule has 0 aliphatic carbocycles. The number of rotatable bonds is 8. The van der Waals surface area contributed by atoms with E-state index in [9.17, 15) is 14.7 Å². The van der Waals surface area contributed by atoms with E-state index in [0.717, 1.165) is 37.2 Å². The maximum Gasteiger partial charge on any atom is 0.347 e. The molecule has 3 rings (SSSR count). The van der Waals surface area contributed by atoms with Crippen molar-refractivity contribution < 1.29 is 19.4 Å². The molecule has 33 heavy (non-hydrogen) atoms. The predicted octanol–water partition coefficient (Wildman–Crippen LogP) is 5.28. The van der Waals surface area contributed by atoms with Crippen LogP contribution in [0.4, 0.5) is 5.69 Å². The number of amides is 1. The van der Waals surface area contributed by atoms with E-state index in [0.29, 0.717) is 22.9 Å². The Labute approximate surface area is 200 Å². The Morgan fingerprint density at radius 2 is 1.67 bits per heavy atom. The fraction of sp³-hybridized carbons (Fsp3) is 0.462. The second kappa shape index (κ2) is 10.0. The molecule has 0 bridgehead atoms. The number of ether oxygens (including phenoxy) is 1. The molecule has 2 aromatic carbocycles. The second-order valence-corrected chi connectivity index (χ2v) is 10.2. The van der Waals surface area contributed by atoms with Gasteiger partial charge < -0.3 is 20.1 Å². The summed E-state index contributed by atoms with van der Waals surface area (Å²) in [6.07, 6.45) is 3.47. The molecule has 7 heteroatoms. The standard InChI is InChI=1S/C26H33ClN2O4/c1-25(2,18-8-11-20(12-9-18)33-26(3,4)24(31)32)17-28-23(30)21-16-19(27)10-13-22(21)29-14-6-5-7-15-29/h8-13,16H,5-7,14-15,17H2,1-4H3,(H,28,30)(H,31,32). The van der Waals surface area contributed by atoms with Crippen LogP contribution < -0.4 is 15.0 Å². The fourth-order valence-electron chi connectivity index (χ4n) is 3.91. The van der Waals surface area contributed by atoms with Gasteiger partial charge in [-0.3, -0.25) is 4.79 Å². The molecule has 1 heterocycles. The van der Waals surface area contributed by atoms with Crippen LogP contribution in [0.2, 0.25) is 5.02 Å². The predicted molar refractivity (Wildman–Crippen MR) is 132 cm³/mol. The zero-order chi connectivity index (χ0) is 24.2. The Balaban J connectivity index is 1.69. The van der Waals surface area contributed by atoms with Crippen LogP contribution in [-0.2, 0) is 10.2 Å². The van der Waals surface area contributed by atoms with Crippen LogP contribution >= 0.6 is 11.6 Å². The number of carbonyl (C=O) groups excluding carboxylic acids is 1. The SMILES string of the molecule is CC(C)(Oc1ccc(C(C)(C)CNC(=O)c2cc(Cl)ccc2N2CCCCC2)cc1)C(=O)O. The molecule has 178 valence electrons. The first kappa shape index (κ1) is 24.9. The van der Waals surface area contributed by atoms with E-state index in [4.69, 9.17) is 16.3 Å². The lowest BCUT2D eigenvalue weighted by molar-refractivity contribution is -0.152. The lowest BCUT2D eigenvalue weighted by atomic mass is 9.84. The molecule has 2 aromatic rings. The van der Waals surface area contributed by atoms with Crippen LogP contribution in [-0.4, -0.2) is 42.2 Å². The first-order valence-corrected chi connectivity index (χ1v) is 11.7. The molecule has 1 aliphatic rings. The van der Waals surface area contributed by atoms with Gasteiger partial charge in [-0.1, -0.05) is 37.6 Å². The largest absolute Gasteiger partial charge is 0.478 e. The molecule has 6 nitrogen and oxygen atoms in total. The number of carbonyl (C=O) groups is 2. The highest BCUT2D eigenvalue weighted by Crippen LogP contribution is 2.29. The summed E-state index contributed by atoms with van der Waals surface area (Å²) in [7, 11) is 0. The minimum Gasteiger partial charge on any atom is -0.478 e. The number of carboxylic acid groups (broad SMARTS) is 1. The lowest BCUT2D eigenvalue weighted by Gasteiger charge is -2.31. The van der Waals surface area contributed by atoms with Gasteiger partial charge in [0.15, 0.2) is 5.60 Å². The Hall–Kier alpha value is -2.73. The minimum absolute atomic E-state index is 0.144. The van der Waals surface area contributed by atoms with Crippen molar-refractivity contribution in [3.05, 3.63) is 58.6 Å². The summed E-state index contributed by atoms with van der Waals surface area (Å²) >= 11 is 6.22. The highest BCUT2D eigenvalue weighted by atomic mass is 35.5. The van der Waals surface area contributed by atoms with E-state index < -0.39 is 11.6 Å². The van der Waals surface area contributed by atoms with E-state index in [1.807, 2.05) is 38.1 Å². The van der Waals surface area contributed by atoms with E-state index in [-0.39, 0.29) is 11.3 Å². The van der Waals surface area contributed by atoms with Gasteiger partial charge in [0.25, 0.3) is 5.91 Å². The summed E-state index contributed by atoms with van der Waals surface area (Å²) < 4.78 is 5.58. The first-order chi connectivity index (χ1) is 15.5. The van der Waals surface area contributed by atoms with Crippen molar-refractivity contribution in [1.82, 2.24) is 5.32 Å². The maximum absolute atomic E-state index is 13.1. The number of piperidine rings is 1. The van der Waals surface area contributed by atoms with Crippen molar-refractivity contribution in [2.24, 2.45) is 0 Å². The molecule has 0 spiro atoms. The number of benzene rings is 2. The number of aliphatic carboxylic acids is 1. The van der Waals surface area contributed by atoms with Crippen LogP contribution in [0.1, 0.15) is 62.9 Å². The smallest absolute Gasteiger partial charge is 0.347 e. The minimum atomic E-state index is -1.31. The van der Waals surface area contributed by atoms with Gasteiger partial charge in [0.2, 0.25) is 0 Å². The molecule has 0 aromatic heterocycles. The molecule has 1 saturated heterocycles. The van der Waals surface area contributed by atoms with Crippen molar-refractivity contribution >= 4 is 29.2 Å². The van der Waals surface area contributed by atoms with Crippen molar-refractivity contribution in [3.8, 4) is 5.75 Å². The van der Waals surface area contributed by atoms with E-state index >= 15 is 0 Å². The first-order valence-electron chi connectivity index (χ1n) is 11.4. The summed E-state index contributed by atoms with van der Waals surface area (Å²) in [4.78, 5) is 26.7. The number of hydrogen-bond acceptors (Lipinski definition) is 4. The van der Waals surface area contributed by atoms with Gasteiger partial charge in [0.05, 0.1) is 5.56 Å². The molecule has 0 atom stereocenters. The van der Waals surface area contributed by atoms with Gasteiger partial charge in [-0.2, -0.15) is 0 Å². The highest BCUT2D eigenvalue weighted by molar-refractivity contribution is 6.31. The van der Waals surface area contributed by atoms with Gasteiger partial charge in [0, 0.05) is 35.8 Å². The van der Waals surface area contributed by atoms with Gasteiger partial charge in [0.1, 0.15) is 5.75 Å². The van der Waals surface area contributed by atoms with Crippen LogP contribution in [0.25, 0.3) is 0 Å². The molecule has 0 unspecified atom stereocenters. The summed E-state index contributed by atoms with van der Waals surface area (Å²) in [5, 5.41) is 12.9. The Bertz CT molecular complexity index is 996. The normalized spacial score (nSPS) is 14.6. The topological polar surface area (TPSA) is 78.9 Å². The van der Waals surface area contributed by atoms with Crippen LogP contribution in [0.3, 0.4) is 0 Å². The third-order valence-corrected chi connectivity index (χ3v) is 6.35. The Morgan fingerprint density at radius 3 is 2.27 bits per heavy atom. The van der Waals surface area contributed by atoms with Crippen molar-refractivity contribution in [2.45, 2.75) is 58.0 Å². The third-order valence-electron chi connectivity index (χ3n) is 6.11. The number of nitrogens with one attached hydrogen (secondary N) is 1. The summed E-state index contributed by atoms with van der Waals surface area (Å²) in [5.41, 5.74) is 0.872. The number of anilines is 1. The maximum atomic E-state index is 13.1. The zero-order valence-corrected chi connectivity index (χ0v) is 20.5. The zero-order valence-electron chi connectivity index (χ0n) is 19.8. The van der Waals surface area contributed by atoms with Crippen LogP contribution in [0.15, 0.2) is 42.5 Å². The fourth-order valence-corrected chi connectivity index (χ4v) is 4.08. The molecule has 1 fully saturated rings. The molecule has 1 amide bonds. The van der Waals surface area contributed by atoms with Crippen LogP contribution in [0, 0.1) is 0 Å². The molecule has 0 radical (unpaired) electrons. The van der Waals surface area contributed by atoms with Gasteiger partial charge in [-0.05, 0) is 69.0 Å². The average Bonchev–Trinajstić information content (AvgIpc) is 2.78. The van der Waals surface area contributed by atoms with Crippen LogP contribution in [0.5, 0.6) is 5.75 Å². The van der Waals surface area contributed by atoms with E-state index in [1.54, 1.807) is 18.2 Å². The van der Waals surface area contributed by atoms with Gasteiger partial charge in [-0.25, -0.2) is 4.79 Å². The number of hydrogen-bond donors (Lipinski definition) is 2. The summed E-state index contributed by atoms with van der Waals surface area (Å²) in [5.74, 6) is -0.690. The summed E-state index contributed by atoms with van der Waals surface area (Å²) in [6.45, 7) is 9.44. The molecule has 1 aliphatic heterocycles. The van der Waals surface area contributed by atoms with Gasteiger partial charge >= 0.3 is 5.97 Å². The molecule has 0 saturated carbocycles. The number of nitrogens with zero attached hydrogens (tertiary/aromatic N) is 1. The van der Waals surface area contributed by atoms with Gasteiger partial charge in [-0.15, -0.1) is 0 Å². The molecule has 2 N–H and O–H groups in total. The Kier molecular flexibility index (Phi) is 7.58. The van der Waals surface area contributed by atoms with E-state index in [1.165, 1.54) is 20.3 Å². The molecular formula is C26H33ClN2O4. The number of halogens is 1. The van der Waals surface area contributed by atoms with E-state index in [2.05, 4.69) is 10.2 Å². The summed E-state index contributed by atoms with van der Waals surface area (Å²) in [6, 6.07) is 12.8. The quantitative estimate of drug-likeness (QED) is 0.546. The van der Waals surface area contributed by atoms with Crippen molar-refractivity contribution in [3.63, 3.8) is 0 Å². The second-order valence-electron chi connectivity index (χ2n) is 9.72. The Morgan fingerprint density at radius 1 is 1.03 bits per heavy atom. The number of carboxylic acids is 1. The average molecular weight is 473 g/mol. The monoisotopic (exact) mass is 472 g/mol. The third kappa shape index (κ3) is 6.20. The highest BCUT2D eigenvalue weighted by Gasteiger charge is 2.30. The van der Waals surface area contributed by atoms with Crippen molar-refractivity contribution in [2.75, 3.05) is 24.5 Å². The van der Waals surface area contributed by atoms with Crippen molar-refractivity contribution in [1.29, 1.82) is 0 Å². The lowest BCUT2D eigenvalue weighted by Crippen LogP contribution is -2.38. The molecular weight excluding hydrogens is 440 g/mol.